The Morgan fingerprint density at radius 3 is 2.79 bits per heavy atom. The Morgan fingerprint density at radius 2 is 2.05 bits per heavy atom. The fraction of sp³-hybridized carbons (Fsp3) is 0.643. The lowest BCUT2D eigenvalue weighted by molar-refractivity contribution is 0.0947. The van der Waals surface area contributed by atoms with Gasteiger partial charge in [0.2, 0.25) is 0 Å². The van der Waals surface area contributed by atoms with Gasteiger partial charge in [0.1, 0.15) is 5.69 Å². The number of hydrogen-bond acceptors (Lipinski definition) is 4. The van der Waals surface area contributed by atoms with E-state index >= 15 is 0 Å². The molecule has 0 aliphatic carbocycles. The zero-order valence-electron chi connectivity index (χ0n) is 11.3. The number of carbonyl (C=O) groups is 1. The third-order valence-electron chi connectivity index (χ3n) is 3.43. The van der Waals surface area contributed by atoms with E-state index in [4.69, 9.17) is 0 Å². The average molecular weight is 262 g/mol. The molecule has 1 aliphatic heterocycles. The van der Waals surface area contributed by atoms with E-state index in [1.54, 1.807) is 6.20 Å². The molecule has 1 saturated heterocycles. The molecular weight excluding hydrogens is 240 g/mol. The van der Waals surface area contributed by atoms with E-state index in [1.165, 1.54) is 44.7 Å². The summed E-state index contributed by atoms with van der Waals surface area (Å²) in [7, 11) is 0. The fourth-order valence-electron chi connectivity index (χ4n) is 2.35. The molecule has 5 nitrogen and oxygen atoms in total. The van der Waals surface area contributed by atoms with Crippen molar-refractivity contribution in [2.75, 3.05) is 26.2 Å². The molecule has 0 spiro atoms. The first kappa shape index (κ1) is 13.9. The Balaban J connectivity index is 1.55. The van der Waals surface area contributed by atoms with E-state index in [0.29, 0.717) is 12.2 Å². The molecule has 0 unspecified atom stereocenters. The van der Waals surface area contributed by atoms with Crippen LogP contribution in [0.4, 0.5) is 0 Å². The van der Waals surface area contributed by atoms with E-state index in [-0.39, 0.29) is 5.91 Å². The van der Waals surface area contributed by atoms with Crippen molar-refractivity contribution < 1.29 is 4.79 Å². The number of aromatic nitrogens is 2. The number of rotatable bonds is 6. The van der Waals surface area contributed by atoms with Gasteiger partial charge >= 0.3 is 0 Å². The highest BCUT2D eigenvalue weighted by molar-refractivity contribution is 5.91. The van der Waals surface area contributed by atoms with Crippen LogP contribution in [-0.4, -0.2) is 47.0 Å². The number of likely N-dealkylation sites (tertiary alicyclic amines) is 1. The Labute approximate surface area is 114 Å². The number of hydrogen-bond donors (Lipinski definition) is 1. The van der Waals surface area contributed by atoms with E-state index in [9.17, 15) is 4.79 Å². The molecular formula is C14H22N4O. The lowest BCUT2D eigenvalue weighted by Crippen LogP contribution is -2.31. The van der Waals surface area contributed by atoms with Crippen molar-refractivity contribution in [1.29, 1.82) is 0 Å². The molecule has 2 heterocycles. The van der Waals surface area contributed by atoms with Gasteiger partial charge in [-0.2, -0.15) is 0 Å². The Bertz CT molecular complexity index is 376. The minimum atomic E-state index is -0.133. The molecule has 1 aromatic rings. The lowest BCUT2D eigenvalue weighted by atomic mass is 10.1. The third-order valence-corrected chi connectivity index (χ3v) is 3.43. The van der Waals surface area contributed by atoms with Gasteiger partial charge in [-0.25, -0.2) is 4.98 Å². The standard InChI is InChI=1S/C14H22N4O/c19-14(13-12-15-7-8-16-13)17-6-2-5-11-18-9-3-1-4-10-18/h7-8,12H,1-6,9-11H2,(H,17,19). The van der Waals surface area contributed by atoms with Crippen molar-refractivity contribution in [3.8, 4) is 0 Å². The molecule has 0 radical (unpaired) electrons. The second kappa shape index (κ2) is 7.84. The highest BCUT2D eigenvalue weighted by Gasteiger charge is 2.09. The molecule has 0 aromatic carbocycles. The van der Waals surface area contributed by atoms with E-state index < -0.39 is 0 Å². The first-order valence-corrected chi connectivity index (χ1v) is 7.13. The monoisotopic (exact) mass is 262 g/mol. The van der Waals surface area contributed by atoms with Crippen molar-refractivity contribution in [2.24, 2.45) is 0 Å². The van der Waals surface area contributed by atoms with Gasteiger partial charge in [0.05, 0.1) is 6.20 Å². The van der Waals surface area contributed by atoms with Crippen molar-refractivity contribution in [2.45, 2.75) is 32.1 Å². The molecule has 0 bridgehead atoms. The molecule has 1 aromatic heterocycles. The van der Waals surface area contributed by atoms with E-state index in [2.05, 4.69) is 20.2 Å². The first-order valence-electron chi connectivity index (χ1n) is 7.13. The van der Waals surface area contributed by atoms with Gasteiger partial charge in [-0.15, -0.1) is 0 Å². The molecule has 104 valence electrons. The number of piperidine rings is 1. The van der Waals surface area contributed by atoms with Crippen LogP contribution < -0.4 is 5.32 Å². The van der Waals surface area contributed by atoms with Crippen LogP contribution in [0.2, 0.25) is 0 Å². The van der Waals surface area contributed by atoms with Crippen molar-refractivity contribution in [1.82, 2.24) is 20.2 Å². The summed E-state index contributed by atoms with van der Waals surface area (Å²) in [6, 6.07) is 0. The summed E-state index contributed by atoms with van der Waals surface area (Å²) in [6.45, 7) is 4.35. The highest BCUT2D eigenvalue weighted by Crippen LogP contribution is 2.09. The number of nitrogens with one attached hydrogen (secondary N) is 1. The SMILES string of the molecule is O=C(NCCCCN1CCCCC1)c1cnccn1. The van der Waals surface area contributed by atoms with Gasteiger partial charge in [0.25, 0.3) is 5.91 Å². The maximum absolute atomic E-state index is 11.7. The summed E-state index contributed by atoms with van der Waals surface area (Å²) in [5, 5.41) is 2.88. The van der Waals surface area contributed by atoms with Crippen LogP contribution in [0, 0.1) is 0 Å². The van der Waals surface area contributed by atoms with E-state index in [0.717, 1.165) is 19.4 Å². The van der Waals surface area contributed by atoms with Crippen LogP contribution in [0.15, 0.2) is 18.6 Å². The molecule has 0 atom stereocenters. The quantitative estimate of drug-likeness (QED) is 0.789. The molecule has 1 amide bonds. The van der Waals surface area contributed by atoms with Crippen molar-refractivity contribution in [3.63, 3.8) is 0 Å². The summed E-state index contributed by atoms with van der Waals surface area (Å²) in [4.78, 5) is 22.1. The second-order valence-electron chi connectivity index (χ2n) is 4.96. The van der Waals surface area contributed by atoms with Crippen molar-refractivity contribution >= 4 is 5.91 Å². The summed E-state index contributed by atoms with van der Waals surface area (Å²) in [5.74, 6) is -0.133. The van der Waals surface area contributed by atoms with E-state index in [1.807, 2.05) is 0 Å². The van der Waals surface area contributed by atoms with Gasteiger partial charge in [-0.1, -0.05) is 6.42 Å². The number of carbonyl (C=O) groups excluding carboxylic acids is 1. The van der Waals surface area contributed by atoms with Crippen LogP contribution in [0.5, 0.6) is 0 Å². The summed E-state index contributed by atoms with van der Waals surface area (Å²) in [6.07, 6.45) is 10.8. The highest BCUT2D eigenvalue weighted by atomic mass is 16.1. The van der Waals surface area contributed by atoms with Crippen LogP contribution in [0.3, 0.4) is 0 Å². The second-order valence-corrected chi connectivity index (χ2v) is 4.96. The van der Waals surface area contributed by atoms with Crippen LogP contribution in [0.1, 0.15) is 42.6 Å². The summed E-state index contributed by atoms with van der Waals surface area (Å²) >= 11 is 0. The third kappa shape index (κ3) is 4.95. The minimum absolute atomic E-state index is 0.133. The zero-order chi connectivity index (χ0) is 13.3. The Hall–Kier alpha value is -1.49. The molecule has 0 saturated carbocycles. The van der Waals surface area contributed by atoms with Gasteiger partial charge in [0.15, 0.2) is 0 Å². The first-order chi connectivity index (χ1) is 9.36. The topological polar surface area (TPSA) is 58.1 Å². The predicted molar refractivity (Wildman–Crippen MR) is 73.9 cm³/mol. The van der Waals surface area contributed by atoms with Gasteiger partial charge in [0, 0.05) is 18.9 Å². The van der Waals surface area contributed by atoms with Gasteiger partial charge in [-0.3, -0.25) is 9.78 Å². The average Bonchev–Trinajstić information content (AvgIpc) is 2.49. The summed E-state index contributed by atoms with van der Waals surface area (Å²) in [5.41, 5.74) is 0.388. The van der Waals surface area contributed by atoms with Crippen LogP contribution in [-0.2, 0) is 0 Å². The largest absolute Gasteiger partial charge is 0.351 e. The minimum Gasteiger partial charge on any atom is -0.351 e. The molecule has 19 heavy (non-hydrogen) atoms. The molecule has 2 rings (SSSR count). The van der Waals surface area contributed by atoms with Gasteiger partial charge < -0.3 is 10.2 Å². The number of amides is 1. The molecule has 5 heteroatoms. The Kier molecular flexibility index (Phi) is 5.75. The van der Waals surface area contributed by atoms with Crippen molar-refractivity contribution in [3.05, 3.63) is 24.3 Å². The molecule has 1 N–H and O–H groups in total. The van der Waals surface area contributed by atoms with Crippen LogP contribution >= 0.6 is 0 Å². The smallest absolute Gasteiger partial charge is 0.271 e. The van der Waals surface area contributed by atoms with Crippen LogP contribution in [0.25, 0.3) is 0 Å². The maximum atomic E-state index is 11.7. The fourth-order valence-corrected chi connectivity index (χ4v) is 2.35. The normalized spacial score (nSPS) is 16.2. The number of unbranched alkanes of at least 4 members (excludes halogenated alkanes) is 1. The number of nitrogens with zero attached hydrogens (tertiary/aromatic N) is 3. The summed E-state index contributed by atoms with van der Waals surface area (Å²) < 4.78 is 0. The predicted octanol–water partition coefficient (Wildman–Crippen LogP) is 1.47. The molecule has 1 fully saturated rings. The maximum Gasteiger partial charge on any atom is 0.271 e. The Morgan fingerprint density at radius 1 is 1.21 bits per heavy atom. The molecule has 1 aliphatic rings. The van der Waals surface area contributed by atoms with Gasteiger partial charge in [-0.05, 0) is 45.3 Å². The zero-order valence-corrected chi connectivity index (χ0v) is 11.3. The lowest BCUT2D eigenvalue weighted by Gasteiger charge is -2.26.